The van der Waals surface area contributed by atoms with Crippen molar-refractivity contribution in [1.82, 2.24) is 0 Å². The number of ketones is 3. The summed E-state index contributed by atoms with van der Waals surface area (Å²) < 4.78 is 11.6. The summed E-state index contributed by atoms with van der Waals surface area (Å²) in [5.74, 6) is -12.1. The number of carbonyl (C=O) groups excluding carboxylic acids is 4. The molecule has 15 heteroatoms. The van der Waals surface area contributed by atoms with E-state index in [0.717, 1.165) is 6.92 Å². The molecular weight excluding hydrogens is 624 g/mol. The number of esters is 1. The number of phenols is 3. The van der Waals surface area contributed by atoms with Gasteiger partial charge in [0.15, 0.2) is 11.4 Å². The Morgan fingerprint density at radius 3 is 2.23 bits per heavy atom. The molecule has 0 radical (unpaired) electrons. The molecule has 1 unspecified atom stereocenters. The highest BCUT2D eigenvalue weighted by Crippen LogP contribution is 2.65. The molecule has 1 heterocycles. The van der Waals surface area contributed by atoms with Gasteiger partial charge in [-0.25, -0.2) is 0 Å². The van der Waals surface area contributed by atoms with Gasteiger partial charge in [-0.3, -0.25) is 28.8 Å². The van der Waals surface area contributed by atoms with Gasteiger partial charge in [-0.05, 0) is 25.0 Å². The van der Waals surface area contributed by atoms with Gasteiger partial charge in [0.05, 0.1) is 59.3 Å². The topological polar surface area (TPSA) is 262 Å². The van der Waals surface area contributed by atoms with Crippen LogP contribution in [0.1, 0.15) is 106 Å². The van der Waals surface area contributed by atoms with Crippen LogP contribution >= 0.6 is 0 Å². The van der Waals surface area contributed by atoms with Crippen molar-refractivity contribution in [3.63, 3.8) is 0 Å². The zero-order valence-electron chi connectivity index (χ0n) is 24.8. The van der Waals surface area contributed by atoms with Crippen molar-refractivity contribution < 1.29 is 74.0 Å². The van der Waals surface area contributed by atoms with E-state index in [4.69, 9.17) is 14.6 Å². The van der Waals surface area contributed by atoms with Crippen LogP contribution in [0.3, 0.4) is 0 Å². The van der Waals surface area contributed by atoms with E-state index in [1.165, 1.54) is 6.07 Å². The van der Waals surface area contributed by atoms with Crippen LogP contribution in [0, 0.1) is 0 Å². The maximum Gasteiger partial charge on any atom is 0.305 e. The van der Waals surface area contributed by atoms with Gasteiger partial charge in [0.2, 0.25) is 11.6 Å². The minimum Gasteiger partial charge on any atom is -0.507 e. The lowest BCUT2D eigenvalue weighted by Crippen LogP contribution is -2.38. The van der Waals surface area contributed by atoms with Crippen LogP contribution in [-0.2, 0) is 40.7 Å². The molecule has 246 valence electrons. The number of phenolic OH excluding ortho intramolecular Hbond substituents is 3. The molecule has 0 saturated heterocycles. The van der Waals surface area contributed by atoms with Crippen molar-refractivity contribution in [2.24, 2.45) is 0 Å². The van der Waals surface area contributed by atoms with E-state index < -0.39 is 130 Å². The van der Waals surface area contributed by atoms with E-state index in [-0.39, 0.29) is 35.1 Å². The monoisotopic (exact) mass is 652 g/mol. The first-order valence-corrected chi connectivity index (χ1v) is 14.5. The van der Waals surface area contributed by atoms with Crippen molar-refractivity contribution in [3.05, 3.63) is 56.1 Å². The van der Waals surface area contributed by atoms with Crippen LogP contribution in [-0.4, -0.2) is 83.2 Å². The average molecular weight is 653 g/mol. The molecule has 2 aromatic rings. The zero-order valence-corrected chi connectivity index (χ0v) is 24.8. The Kier molecular flexibility index (Phi) is 7.17. The van der Waals surface area contributed by atoms with E-state index in [0.29, 0.717) is 5.56 Å². The first-order valence-electron chi connectivity index (χ1n) is 14.5. The van der Waals surface area contributed by atoms with Crippen LogP contribution in [0.5, 0.6) is 17.2 Å². The molecule has 2 aromatic carbocycles. The molecule has 5 atom stereocenters. The van der Waals surface area contributed by atoms with Gasteiger partial charge >= 0.3 is 17.9 Å². The maximum atomic E-state index is 14.1. The predicted molar refractivity (Wildman–Crippen MR) is 153 cm³/mol. The molecule has 3 aliphatic carbocycles. The Morgan fingerprint density at radius 2 is 1.62 bits per heavy atom. The second-order valence-electron chi connectivity index (χ2n) is 12.1. The van der Waals surface area contributed by atoms with E-state index in [2.05, 4.69) is 0 Å². The molecule has 47 heavy (non-hydrogen) atoms. The average Bonchev–Trinajstić information content (AvgIpc) is 3.26. The van der Waals surface area contributed by atoms with E-state index >= 15 is 0 Å². The van der Waals surface area contributed by atoms with Crippen molar-refractivity contribution in [2.45, 2.75) is 75.8 Å². The van der Waals surface area contributed by atoms with Crippen LogP contribution in [0.15, 0.2) is 11.6 Å². The molecule has 0 spiro atoms. The minimum absolute atomic E-state index is 0.0307. The van der Waals surface area contributed by atoms with E-state index in [1.807, 2.05) is 0 Å². The summed E-state index contributed by atoms with van der Waals surface area (Å²) in [6.45, 7) is 2.58. The second kappa shape index (κ2) is 10.6. The third-order valence-electron chi connectivity index (χ3n) is 9.20. The van der Waals surface area contributed by atoms with Crippen LogP contribution < -0.4 is 0 Å². The van der Waals surface area contributed by atoms with Crippen molar-refractivity contribution in [3.8, 4) is 17.2 Å². The number of benzene rings is 2. The molecule has 7 N–H and O–H groups in total. The first kappa shape index (κ1) is 31.7. The van der Waals surface area contributed by atoms with Gasteiger partial charge in [-0.15, -0.1) is 0 Å². The predicted octanol–water partition coefficient (Wildman–Crippen LogP) is 2.03. The summed E-state index contributed by atoms with van der Waals surface area (Å²) in [6.07, 6.45) is -5.93. The summed E-state index contributed by atoms with van der Waals surface area (Å²) in [6, 6.07) is 1.43. The van der Waals surface area contributed by atoms with E-state index in [1.54, 1.807) is 6.92 Å². The molecule has 6 rings (SSSR count). The van der Waals surface area contributed by atoms with Crippen LogP contribution in [0.25, 0.3) is 5.76 Å². The third kappa shape index (κ3) is 4.48. The number of ether oxygens (including phenoxy) is 2. The number of rotatable bonds is 7. The summed E-state index contributed by atoms with van der Waals surface area (Å²) >= 11 is 0. The smallest absolute Gasteiger partial charge is 0.305 e. The van der Waals surface area contributed by atoms with Crippen LogP contribution in [0.2, 0.25) is 0 Å². The highest BCUT2D eigenvalue weighted by Gasteiger charge is 2.61. The second-order valence-corrected chi connectivity index (χ2v) is 12.1. The summed E-state index contributed by atoms with van der Waals surface area (Å²) in [5.41, 5.74) is -5.14. The highest BCUT2D eigenvalue weighted by atomic mass is 16.6. The fraction of sp³-hybridized carbons (Fsp3) is 0.375. The number of carbonyl (C=O) groups is 6. The Hall–Kier alpha value is -5.28. The maximum absolute atomic E-state index is 14.1. The number of aromatic hydroxyl groups is 3. The SMILES string of the molecule is CC(=O)OC12C[C@H](C(=O)c3c1cc1c(c3O)[C@H](C)O[C@@H](CC(=O)O)C1)c1c(O)c3c(c(O)c12)C(O)=C(C[C@@H](O)CC(=O)O)C(=O)C3=O. The normalized spacial score (nSPS) is 24.7. The van der Waals surface area contributed by atoms with Gasteiger partial charge in [-0.1, -0.05) is 0 Å². The molecule has 0 amide bonds. The van der Waals surface area contributed by atoms with Crippen molar-refractivity contribution >= 4 is 41.0 Å². The van der Waals surface area contributed by atoms with E-state index in [9.17, 15) is 59.4 Å². The Labute approximate surface area is 264 Å². The fourth-order valence-electron chi connectivity index (χ4n) is 7.57. The zero-order chi connectivity index (χ0) is 34.4. The number of aliphatic hydroxyl groups excluding tert-OH is 2. The van der Waals surface area contributed by atoms with Gasteiger partial charge in [0.1, 0.15) is 23.0 Å². The summed E-state index contributed by atoms with van der Waals surface area (Å²) in [5, 5.41) is 74.6. The number of fused-ring (bicyclic) bond motifs is 9. The number of hydrogen-bond donors (Lipinski definition) is 7. The largest absolute Gasteiger partial charge is 0.507 e. The Balaban J connectivity index is 1.64. The summed E-state index contributed by atoms with van der Waals surface area (Å²) in [7, 11) is 0. The van der Waals surface area contributed by atoms with Gasteiger partial charge in [0.25, 0.3) is 0 Å². The molecule has 0 saturated carbocycles. The lowest BCUT2D eigenvalue weighted by atomic mass is 9.73. The number of aliphatic carboxylic acids is 2. The van der Waals surface area contributed by atoms with Crippen molar-refractivity contribution in [2.75, 3.05) is 0 Å². The molecule has 4 aliphatic rings. The van der Waals surface area contributed by atoms with Crippen molar-refractivity contribution in [1.29, 1.82) is 0 Å². The Bertz CT molecular complexity index is 1900. The molecule has 2 bridgehead atoms. The lowest BCUT2D eigenvalue weighted by molar-refractivity contribution is -0.154. The molecule has 0 fully saturated rings. The molecule has 0 aromatic heterocycles. The molecule has 1 aliphatic heterocycles. The van der Waals surface area contributed by atoms with Gasteiger partial charge in [0, 0.05) is 42.0 Å². The van der Waals surface area contributed by atoms with Gasteiger partial charge in [-0.2, -0.15) is 0 Å². The number of carboxylic acid groups (broad SMARTS) is 2. The number of carboxylic acids is 2. The minimum atomic E-state index is -2.10. The number of hydrogen-bond acceptors (Lipinski definition) is 13. The number of aliphatic hydroxyl groups is 2. The lowest BCUT2D eigenvalue weighted by Gasteiger charge is -2.38. The number of Topliss-reactive ketones (excluding diaryl/α,β-unsaturated/α-hetero) is 3. The Morgan fingerprint density at radius 1 is 0.957 bits per heavy atom. The standard InChI is InChI=1S/C32H28O15/c1-9-19-11(3-13(46-9)7-18(37)38)4-16-21(28(19)42)26(40)15-8-32(16,47-10(2)33)24-20(15)29(43)23-22(30(24)44)25(39)14(27(41)31(23)45)5-12(34)6-17(35)36/h4,9,12-13,15,34,39,42-44H,3,5-8H2,1-2H3,(H,35,36)(H,37,38)/t9-,12+,13+,15-,32?/m0/s1. The molecular formula is C32H28O15. The molecule has 15 nitrogen and oxygen atoms in total. The summed E-state index contributed by atoms with van der Waals surface area (Å²) in [4.78, 5) is 75.7. The van der Waals surface area contributed by atoms with Gasteiger partial charge < -0.3 is 45.2 Å². The first-order chi connectivity index (χ1) is 22.0. The fourth-order valence-corrected chi connectivity index (χ4v) is 7.57. The van der Waals surface area contributed by atoms with Crippen LogP contribution in [0.4, 0.5) is 0 Å². The third-order valence-corrected chi connectivity index (χ3v) is 9.20. The quantitative estimate of drug-likeness (QED) is 0.128. The highest BCUT2D eigenvalue weighted by molar-refractivity contribution is 6.53.